The van der Waals surface area contributed by atoms with Crippen LogP contribution in [0.15, 0.2) is 0 Å². The second kappa shape index (κ2) is 6.49. The summed E-state index contributed by atoms with van der Waals surface area (Å²) in [5.41, 5.74) is 0. The Bertz CT molecular complexity index is 140. The minimum absolute atomic E-state index is 0.843. The second-order valence-corrected chi connectivity index (χ2v) is 5.29. The lowest BCUT2D eigenvalue weighted by atomic mass is 9.94. The van der Waals surface area contributed by atoms with E-state index in [1.807, 2.05) is 0 Å². The first-order valence-electron chi connectivity index (χ1n) is 6.89. The average molecular weight is 210 g/mol. The van der Waals surface area contributed by atoms with Crippen molar-refractivity contribution < 1.29 is 0 Å². The van der Waals surface area contributed by atoms with E-state index in [0.717, 1.165) is 12.0 Å². The molecule has 1 saturated carbocycles. The van der Waals surface area contributed by atoms with Crippen LogP contribution in [0.1, 0.15) is 51.4 Å². The van der Waals surface area contributed by atoms with Gasteiger partial charge in [0.1, 0.15) is 0 Å². The summed E-state index contributed by atoms with van der Waals surface area (Å²) in [4.78, 5) is 0. The highest BCUT2D eigenvalue weighted by molar-refractivity contribution is 4.74. The highest BCUT2D eigenvalue weighted by Crippen LogP contribution is 2.18. The van der Waals surface area contributed by atoms with E-state index in [1.54, 1.807) is 0 Å². The molecule has 1 aliphatic carbocycles. The summed E-state index contributed by atoms with van der Waals surface area (Å²) in [6, 6.07) is 0.843. The fourth-order valence-corrected chi connectivity index (χ4v) is 2.97. The zero-order valence-electron chi connectivity index (χ0n) is 9.93. The summed E-state index contributed by atoms with van der Waals surface area (Å²) in [7, 11) is 0. The topological polar surface area (TPSA) is 24.1 Å². The van der Waals surface area contributed by atoms with E-state index >= 15 is 0 Å². The third kappa shape index (κ3) is 4.12. The van der Waals surface area contributed by atoms with E-state index in [2.05, 4.69) is 10.6 Å². The highest BCUT2D eigenvalue weighted by Gasteiger charge is 2.15. The lowest BCUT2D eigenvalue weighted by Crippen LogP contribution is -2.35. The predicted molar refractivity (Wildman–Crippen MR) is 65.1 cm³/mol. The lowest BCUT2D eigenvalue weighted by Gasteiger charge is -2.26. The van der Waals surface area contributed by atoms with Crippen LogP contribution in [0.5, 0.6) is 0 Å². The molecule has 2 aliphatic rings. The first kappa shape index (κ1) is 11.4. The molecular formula is C13H26N2. The van der Waals surface area contributed by atoms with Crippen LogP contribution in [0.25, 0.3) is 0 Å². The van der Waals surface area contributed by atoms with E-state index in [9.17, 15) is 0 Å². The minimum atomic E-state index is 0.843. The molecule has 2 N–H and O–H groups in total. The predicted octanol–water partition coefficient (Wildman–Crippen LogP) is 2.30. The van der Waals surface area contributed by atoms with Gasteiger partial charge in [0.15, 0.2) is 0 Å². The van der Waals surface area contributed by atoms with Crippen molar-refractivity contribution in [3.05, 3.63) is 0 Å². The van der Waals surface area contributed by atoms with Crippen molar-refractivity contribution in [2.45, 2.75) is 57.4 Å². The Kier molecular flexibility index (Phi) is 4.94. The fraction of sp³-hybridized carbons (Fsp3) is 1.00. The molecule has 0 bridgehead atoms. The molecule has 0 aromatic rings. The van der Waals surface area contributed by atoms with E-state index in [1.165, 1.54) is 71.0 Å². The molecule has 2 nitrogen and oxygen atoms in total. The molecule has 0 aromatic heterocycles. The van der Waals surface area contributed by atoms with Gasteiger partial charge in [-0.2, -0.15) is 0 Å². The molecule has 88 valence electrons. The van der Waals surface area contributed by atoms with E-state index < -0.39 is 0 Å². The van der Waals surface area contributed by atoms with Gasteiger partial charge < -0.3 is 10.6 Å². The quantitative estimate of drug-likeness (QED) is 0.744. The Balaban J connectivity index is 1.53. The standard InChI is InChI=1S/C13H26N2/c1-2-6-13(7-3-1)15-10-8-12-5-4-9-14-11-12/h12-15H,1-11H2. The van der Waals surface area contributed by atoms with Gasteiger partial charge in [0.2, 0.25) is 0 Å². The van der Waals surface area contributed by atoms with Crippen LogP contribution in [0.3, 0.4) is 0 Å². The maximum absolute atomic E-state index is 3.74. The van der Waals surface area contributed by atoms with Gasteiger partial charge in [-0.1, -0.05) is 19.3 Å². The lowest BCUT2D eigenvalue weighted by molar-refractivity contribution is 0.323. The molecule has 0 aromatic carbocycles. The van der Waals surface area contributed by atoms with Crippen LogP contribution in [0.2, 0.25) is 0 Å². The molecule has 2 heteroatoms. The third-order valence-corrected chi connectivity index (χ3v) is 3.99. The largest absolute Gasteiger partial charge is 0.316 e. The van der Waals surface area contributed by atoms with E-state index in [4.69, 9.17) is 0 Å². The summed E-state index contributed by atoms with van der Waals surface area (Å²) < 4.78 is 0. The van der Waals surface area contributed by atoms with Crippen molar-refractivity contribution in [3.8, 4) is 0 Å². The van der Waals surface area contributed by atoms with Gasteiger partial charge in [0, 0.05) is 6.04 Å². The Morgan fingerprint density at radius 3 is 2.60 bits per heavy atom. The normalized spacial score (nSPS) is 29.2. The van der Waals surface area contributed by atoms with Crippen molar-refractivity contribution >= 4 is 0 Å². The summed E-state index contributed by atoms with van der Waals surface area (Å²) in [5, 5.41) is 7.24. The second-order valence-electron chi connectivity index (χ2n) is 5.29. The number of nitrogens with one attached hydrogen (secondary N) is 2. The molecule has 1 unspecified atom stereocenters. The van der Waals surface area contributed by atoms with Gasteiger partial charge in [-0.3, -0.25) is 0 Å². The van der Waals surface area contributed by atoms with Crippen molar-refractivity contribution in [1.29, 1.82) is 0 Å². The SMILES string of the molecule is C1CCC(NCCC2CCCNC2)CC1. The first-order chi connectivity index (χ1) is 7.45. The Hall–Kier alpha value is -0.0800. The van der Waals surface area contributed by atoms with Gasteiger partial charge in [0.05, 0.1) is 0 Å². The first-order valence-corrected chi connectivity index (χ1v) is 6.89. The van der Waals surface area contributed by atoms with Gasteiger partial charge in [-0.15, -0.1) is 0 Å². The van der Waals surface area contributed by atoms with Crippen LogP contribution < -0.4 is 10.6 Å². The molecule has 2 rings (SSSR count). The van der Waals surface area contributed by atoms with Crippen molar-refractivity contribution in [1.82, 2.24) is 10.6 Å². The molecule has 1 aliphatic heterocycles. The maximum atomic E-state index is 3.74. The van der Waals surface area contributed by atoms with Gasteiger partial charge in [-0.05, 0) is 57.7 Å². The number of hydrogen-bond donors (Lipinski definition) is 2. The minimum Gasteiger partial charge on any atom is -0.316 e. The van der Waals surface area contributed by atoms with Crippen LogP contribution >= 0.6 is 0 Å². The van der Waals surface area contributed by atoms with Gasteiger partial charge in [0.25, 0.3) is 0 Å². The average Bonchev–Trinajstić information content (AvgIpc) is 2.32. The maximum Gasteiger partial charge on any atom is 0.00670 e. The number of piperidine rings is 1. The zero-order chi connectivity index (χ0) is 10.3. The molecule has 1 heterocycles. The van der Waals surface area contributed by atoms with Crippen molar-refractivity contribution in [3.63, 3.8) is 0 Å². The van der Waals surface area contributed by atoms with E-state index in [0.29, 0.717) is 0 Å². The number of hydrogen-bond acceptors (Lipinski definition) is 2. The summed E-state index contributed by atoms with van der Waals surface area (Å²) in [6.45, 7) is 3.75. The molecule has 0 spiro atoms. The smallest absolute Gasteiger partial charge is 0.00670 e. The monoisotopic (exact) mass is 210 g/mol. The number of rotatable bonds is 4. The highest BCUT2D eigenvalue weighted by atomic mass is 14.9. The fourth-order valence-electron chi connectivity index (χ4n) is 2.97. The molecule has 15 heavy (non-hydrogen) atoms. The summed E-state index contributed by atoms with van der Waals surface area (Å²) >= 11 is 0. The third-order valence-electron chi connectivity index (χ3n) is 3.99. The molecule has 1 saturated heterocycles. The Morgan fingerprint density at radius 2 is 1.87 bits per heavy atom. The molecule has 2 fully saturated rings. The molecule has 1 atom stereocenters. The Labute approximate surface area is 94.2 Å². The van der Waals surface area contributed by atoms with Gasteiger partial charge >= 0.3 is 0 Å². The van der Waals surface area contributed by atoms with Crippen LogP contribution in [0, 0.1) is 5.92 Å². The van der Waals surface area contributed by atoms with Crippen molar-refractivity contribution in [2.24, 2.45) is 5.92 Å². The zero-order valence-corrected chi connectivity index (χ0v) is 9.93. The van der Waals surface area contributed by atoms with E-state index in [-0.39, 0.29) is 0 Å². The van der Waals surface area contributed by atoms with Crippen LogP contribution in [-0.4, -0.2) is 25.7 Å². The van der Waals surface area contributed by atoms with Gasteiger partial charge in [-0.25, -0.2) is 0 Å². The van der Waals surface area contributed by atoms with Crippen molar-refractivity contribution in [2.75, 3.05) is 19.6 Å². The Morgan fingerprint density at radius 1 is 1.00 bits per heavy atom. The summed E-state index contributed by atoms with van der Waals surface area (Å²) in [5.74, 6) is 0.940. The van der Waals surface area contributed by atoms with Crippen LogP contribution in [-0.2, 0) is 0 Å². The molecular weight excluding hydrogens is 184 g/mol. The van der Waals surface area contributed by atoms with Crippen LogP contribution in [0.4, 0.5) is 0 Å². The molecule has 0 amide bonds. The summed E-state index contributed by atoms with van der Waals surface area (Å²) in [6.07, 6.45) is 11.4. The molecule has 0 radical (unpaired) electrons.